The van der Waals surface area contributed by atoms with Crippen LogP contribution in [0.25, 0.3) is 0 Å². The number of benzene rings is 1. The van der Waals surface area contributed by atoms with Crippen molar-refractivity contribution in [3.05, 3.63) is 24.3 Å². The van der Waals surface area contributed by atoms with Gasteiger partial charge in [-0.1, -0.05) is 0 Å². The normalized spacial score (nSPS) is 20.8. The van der Waals surface area contributed by atoms with Crippen molar-refractivity contribution in [1.82, 2.24) is 4.72 Å². The fraction of sp³-hybridized carbons (Fsp3) is 0.455. The van der Waals surface area contributed by atoms with Gasteiger partial charge in [-0.25, -0.2) is 13.1 Å². The van der Waals surface area contributed by atoms with Crippen molar-refractivity contribution < 1.29 is 13.5 Å². The summed E-state index contributed by atoms with van der Waals surface area (Å²) in [5.74, 6) is 0. The Labute approximate surface area is 101 Å². The molecule has 1 heterocycles. The topological polar surface area (TPSA) is 69.6 Å². The van der Waals surface area contributed by atoms with E-state index in [0.29, 0.717) is 6.54 Å². The Bertz CT molecular complexity index is 484. The van der Waals surface area contributed by atoms with Gasteiger partial charge in [0, 0.05) is 18.8 Å². The van der Waals surface area contributed by atoms with Crippen LogP contribution in [-0.4, -0.2) is 39.8 Å². The molecule has 0 saturated carbocycles. The molecule has 0 aromatic heterocycles. The summed E-state index contributed by atoms with van der Waals surface area (Å²) in [6, 6.07) is 6.68. The number of aliphatic hydroxyl groups excluding tert-OH is 1. The summed E-state index contributed by atoms with van der Waals surface area (Å²) < 4.78 is 25.3. The van der Waals surface area contributed by atoms with Gasteiger partial charge in [-0.2, -0.15) is 0 Å². The van der Waals surface area contributed by atoms with Crippen molar-refractivity contribution in [2.75, 3.05) is 25.0 Å². The van der Waals surface area contributed by atoms with Gasteiger partial charge in [0.1, 0.15) is 0 Å². The fourth-order valence-corrected chi connectivity index (χ4v) is 2.66. The largest absolute Gasteiger partial charge is 0.391 e. The summed E-state index contributed by atoms with van der Waals surface area (Å²) >= 11 is 0. The number of nitrogens with zero attached hydrogens (tertiary/aromatic N) is 1. The van der Waals surface area contributed by atoms with Crippen molar-refractivity contribution in [1.29, 1.82) is 0 Å². The first-order chi connectivity index (χ1) is 8.03. The molecule has 1 aromatic rings. The molecule has 0 radical (unpaired) electrons. The summed E-state index contributed by atoms with van der Waals surface area (Å²) in [7, 11) is -1.98. The van der Waals surface area contributed by atoms with Crippen LogP contribution in [0.3, 0.4) is 0 Å². The number of β-amino-alcohol motifs (C(OH)–C–C–N with tert-alkyl or cyclic N) is 1. The lowest BCUT2D eigenvalue weighted by molar-refractivity contribution is 0.198. The van der Waals surface area contributed by atoms with Crippen molar-refractivity contribution in [2.24, 2.45) is 0 Å². The second-order valence-corrected chi connectivity index (χ2v) is 5.98. The highest BCUT2D eigenvalue weighted by Gasteiger charge is 2.20. The zero-order valence-electron chi connectivity index (χ0n) is 9.63. The van der Waals surface area contributed by atoms with E-state index in [1.165, 1.54) is 7.05 Å². The van der Waals surface area contributed by atoms with Crippen LogP contribution in [0.1, 0.15) is 6.42 Å². The highest BCUT2D eigenvalue weighted by atomic mass is 32.2. The summed E-state index contributed by atoms with van der Waals surface area (Å²) in [6.07, 6.45) is 0.479. The van der Waals surface area contributed by atoms with Gasteiger partial charge in [0.25, 0.3) is 0 Å². The molecule has 6 heteroatoms. The van der Waals surface area contributed by atoms with Crippen LogP contribution in [0.2, 0.25) is 0 Å². The molecule has 1 atom stereocenters. The smallest absolute Gasteiger partial charge is 0.240 e. The third-order valence-electron chi connectivity index (χ3n) is 2.94. The van der Waals surface area contributed by atoms with Crippen LogP contribution in [0.4, 0.5) is 5.69 Å². The van der Waals surface area contributed by atoms with E-state index in [4.69, 9.17) is 0 Å². The lowest BCUT2D eigenvalue weighted by Gasteiger charge is -2.17. The zero-order chi connectivity index (χ0) is 12.5. The predicted molar refractivity (Wildman–Crippen MR) is 65.5 cm³/mol. The van der Waals surface area contributed by atoms with Crippen LogP contribution >= 0.6 is 0 Å². The Balaban J connectivity index is 2.19. The van der Waals surface area contributed by atoms with Crippen LogP contribution in [0.15, 0.2) is 29.2 Å². The third-order valence-corrected chi connectivity index (χ3v) is 4.37. The Hall–Kier alpha value is -1.11. The summed E-state index contributed by atoms with van der Waals surface area (Å²) in [5, 5.41) is 9.44. The second-order valence-electron chi connectivity index (χ2n) is 4.09. The highest BCUT2D eigenvalue weighted by Crippen LogP contribution is 2.22. The predicted octanol–water partition coefficient (Wildman–Crippen LogP) is 0.166. The third kappa shape index (κ3) is 2.59. The molecular weight excluding hydrogens is 240 g/mol. The molecule has 0 bridgehead atoms. The molecule has 17 heavy (non-hydrogen) atoms. The van der Waals surface area contributed by atoms with Gasteiger partial charge in [-0.3, -0.25) is 0 Å². The average Bonchev–Trinajstić information content (AvgIpc) is 2.76. The van der Waals surface area contributed by atoms with E-state index in [-0.39, 0.29) is 11.0 Å². The molecule has 1 unspecified atom stereocenters. The molecule has 2 rings (SSSR count). The highest BCUT2D eigenvalue weighted by molar-refractivity contribution is 7.89. The number of anilines is 1. The Morgan fingerprint density at radius 1 is 1.35 bits per heavy atom. The molecule has 5 nitrogen and oxygen atoms in total. The second kappa shape index (κ2) is 4.64. The molecule has 1 saturated heterocycles. The first-order valence-corrected chi connectivity index (χ1v) is 6.98. The maximum absolute atomic E-state index is 11.5. The number of hydrogen-bond acceptors (Lipinski definition) is 4. The standard InChI is InChI=1S/C11H16N2O3S/c1-12-17(15,16)11-4-2-9(3-5-11)13-7-6-10(14)8-13/h2-5,10,12,14H,6-8H2,1H3. The number of aliphatic hydroxyl groups is 1. The minimum absolute atomic E-state index is 0.253. The van der Waals surface area contributed by atoms with Gasteiger partial charge in [0.15, 0.2) is 0 Å². The summed E-state index contributed by atoms with van der Waals surface area (Å²) in [6.45, 7) is 1.41. The van der Waals surface area contributed by atoms with Gasteiger partial charge in [-0.05, 0) is 37.7 Å². The Morgan fingerprint density at radius 3 is 2.47 bits per heavy atom. The van der Waals surface area contributed by atoms with E-state index in [1.807, 2.05) is 4.90 Å². The number of sulfonamides is 1. The van der Waals surface area contributed by atoms with E-state index in [2.05, 4.69) is 4.72 Å². The van der Waals surface area contributed by atoms with Crippen molar-refractivity contribution in [3.8, 4) is 0 Å². The molecule has 1 aliphatic rings. The fourth-order valence-electron chi connectivity index (χ4n) is 1.93. The molecule has 1 aromatic carbocycles. The quantitative estimate of drug-likeness (QED) is 0.808. The number of rotatable bonds is 3. The minimum atomic E-state index is -3.37. The lowest BCUT2D eigenvalue weighted by atomic mass is 10.3. The molecule has 0 aliphatic carbocycles. The molecule has 0 amide bonds. The van der Waals surface area contributed by atoms with Gasteiger partial charge in [-0.15, -0.1) is 0 Å². The van der Waals surface area contributed by atoms with Crippen LogP contribution < -0.4 is 9.62 Å². The first-order valence-electron chi connectivity index (χ1n) is 5.49. The van der Waals surface area contributed by atoms with Crippen LogP contribution in [-0.2, 0) is 10.0 Å². The van der Waals surface area contributed by atoms with Gasteiger partial charge >= 0.3 is 0 Å². The Morgan fingerprint density at radius 2 is 2.00 bits per heavy atom. The summed E-state index contributed by atoms with van der Waals surface area (Å²) in [4.78, 5) is 2.30. The van der Waals surface area contributed by atoms with E-state index in [1.54, 1.807) is 24.3 Å². The van der Waals surface area contributed by atoms with E-state index in [0.717, 1.165) is 18.7 Å². The molecule has 94 valence electrons. The molecular formula is C11H16N2O3S. The van der Waals surface area contributed by atoms with Gasteiger partial charge < -0.3 is 10.0 Å². The number of nitrogens with one attached hydrogen (secondary N) is 1. The maximum Gasteiger partial charge on any atom is 0.240 e. The average molecular weight is 256 g/mol. The van der Waals surface area contributed by atoms with E-state index >= 15 is 0 Å². The monoisotopic (exact) mass is 256 g/mol. The SMILES string of the molecule is CNS(=O)(=O)c1ccc(N2CCC(O)C2)cc1. The van der Waals surface area contributed by atoms with Crippen LogP contribution in [0, 0.1) is 0 Å². The van der Waals surface area contributed by atoms with Crippen molar-refractivity contribution in [2.45, 2.75) is 17.4 Å². The van der Waals surface area contributed by atoms with Crippen LogP contribution in [0.5, 0.6) is 0 Å². The number of hydrogen-bond donors (Lipinski definition) is 2. The molecule has 0 spiro atoms. The van der Waals surface area contributed by atoms with Crippen molar-refractivity contribution in [3.63, 3.8) is 0 Å². The van der Waals surface area contributed by atoms with Gasteiger partial charge in [0.2, 0.25) is 10.0 Å². The van der Waals surface area contributed by atoms with E-state index < -0.39 is 10.0 Å². The van der Waals surface area contributed by atoms with E-state index in [9.17, 15) is 13.5 Å². The minimum Gasteiger partial charge on any atom is -0.391 e. The maximum atomic E-state index is 11.5. The lowest BCUT2D eigenvalue weighted by Crippen LogP contribution is -2.21. The molecule has 1 aliphatic heterocycles. The van der Waals surface area contributed by atoms with Crippen molar-refractivity contribution >= 4 is 15.7 Å². The molecule has 1 fully saturated rings. The Kier molecular flexibility index (Phi) is 3.37. The first kappa shape index (κ1) is 12.3. The molecule has 2 N–H and O–H groups in total. The van der Waals surface area contributed by atoms with Gasteiger partial charge in [0.05, 0.1) is 11.0 Å². The zero-order valence-corrected chi connectivity index (χ0v) is 10.4. The summed E-state index contributed by atoms with van der Waals surface area (Å²) in [5.41, 5.74) is 0.941.